The fraction of sp³-hybridized carbons (Fsp3) is 0.400. The van der Waals surface area contributed by atoms with Crippen LogP contribution in [0, 0.1) is 0 Å². The van der Waals surface area contributed by atoms with Crippen molar-refractivity contribution in [2.24, 2.45) is 0 Å². The van der Waals surface area contributed by atoms with Gasteiger partial charge in [0.1, 0.15) is 0 Å². The number of aryl methyl sites for hydroxylation is 1. The van der Waals surface area contributed by atoms with Crippen LogP contribution in [0.15, 0.2) is 29.3 Å². The van der Waals surface area contributed by atoms with E-state index in [1.54, 1.807) is 10.9 Å². The second-order valence-corrected chi connectivity index (χ2v) is 4.86. The number of hydrogen-bond acceptors (Lipinski definition) is 4. The van der Waals surface area contributed by atoms with Gasteiger partial charge in [0.15, 0.2) is 0 Å². The monoisotopic (exact) mass is 271 g/mol. The lowest BCUT2D eigenvalue weighted by atomic mass is 10.2. The molecule has 5 nitrogen and oxygen atoms in total. The smallest absolute Gasteiger partial charge is 0.257 e. The quantitative estimate of drug-likeness (QED) is 0.847. The van der Waals surface area contributed by atoms with Gasteiger partial charge in [-0.25, -0.2) is 9.97 Å². The van der Waals surface area contributed by atoms with Crippen molar-refractivity contribution >= 4 is 0 Å². The summed E-state index contributed by atoms with van der Waals surface area (Å²) in [7, 11) is 0. The van der Waals surface area contributed by atoms with Crippen LogP contribution >= 0.6 is 0 Å². The SMILES string of the molecule is CCOc1cccc(Cn2cnc3c(c2=O)CCC3)n1. The Kier molecular flexibility index (Phi) is 3.50. The molecular formula is C15H17N3O2. The van der Waals surface area contributed by atoms with Gasteiger partial charge in [-0.1, -0.05) is 6.07 Å². The normalized spacial score (nSPS) is 13.2. The molecule has 0 aromatic carbocycles. The Balaban J connectivity index is 1.88. The maximum atomic E-state index is 12.3. The van der Waals surface area contributed by atoms with E-state index in [0.717, 1.165) is 36.2 Å². The first-order valence-corrected chi connectivity index (χ1v) is 6.94. The Morgan fingerprint density at radius 2 is 2.25 bits per heavy atom. The molecule has 0 saturated carbocycles. The summed E-state index contributed by atoms with van der Waals surface area (Å²) in [4.78, 5) is 21.1. The van der Waals surface area contributed by atoms with E-state index in [-0.39, 0.29) is 5.56 Å². The van der Waals surface area contributed by atoms with E-state index in [0.29, 0.717) is 19.0 Å². The molecule has 0 amide bonds. The van der Waals surface area contributed by atoms with Crippen LogP contribution in [-0.2, 0) is 19.4 Å². The number of fused-ring (bicyclic) bond motifs is 1. The van der Waals surface area contributed by atoms with E-state index in [1.807, 2.05) is 25.1 Å². The molecule has 104 valence electrons. The molecule has 0 saturated heterocycles. The maximum Gasteiger partial charge on any atom is 0.257 e. The van der Waals surface area contributed by atoms with Gasteiger partial charge in [-0.2, -0.15) is 0 Å². The van der Waals surface area contributed by atoms with Crippen molar-refractivity contribution in [3.05, 3.63) is 51.8 Å². The Morgan fingerprint density at radius 3 is 3.10 bits per heavy atom. The van der Waals surface area contributed by atoms with Crippen molar-refractivity contribution in [2.45, 2.75) is 32.7 Å². The van der Waals surface area contributed by atoms with Gasteiger partial charge in [-0.15, -0.1) is 0 Å². The minimum atomic E-state index is 0.0658. The molecule has 1 aliphatic rings. The first-order valence-electron chi connectivity index (χ1n) is 6.94. The molecule has 0 unspecified atom stereocenters. The van der Waals surface area contributed by atoms with Crippen LogP contribution in [0.3, 0.4) is 0 Å². The van der Waals surface area contributed by atoms with Crippen LogP contribution in [0.1, 0.15) is 30.3 Å². The average Bonchev–Trinajstić information content (AvgIpc) is 2.92. The van der Waals surface area contributed by atoms with Gasteiger partial charge in [0.25, 0.3) is 5.56 Å². The van der Waals surface area contributed by atoms with Gasteiger partial charge in [0.05, 0.1) is 30.9 Å². The molecule has 0 atom stereocenters. The molecule has 0 N–H and O–H groups in total. The maximum absolute atomic E-state index is 12.3. The molecule has 2 aromatic rings. The van der Waals surface area contributed by atoms with Crippen LogP contribution in [0.2, 0.25) is 0 Å². The summed E-state index contributed by atoms with van der Waals surface area (Å²) in [6.45, 7) is 2.93. The van der Waals surface area contributed by atoms with E-state index in [9.17, 15) is 4.79 Å². The standard InChI is InChI=1S/C15H17N3O2/c1-2-20-14-8-3-5-11(17-14)9-18-10-16-13-7-4-6-12(13)15(18)19/h3,5,8,10H,2,4,6-7,9H2,1H3. The van der Waals surface area contributed by atoms with Gasteiger partial charge >= 0.3 is 0 Å². The van der Waals surface area contributed by atoms with Gasteiger partial charge in [-0.05, 0) is 32.3 Å². The lowest BCUT2D eigenvalue weighted by Gasteiger charge is -2.08. The first kappa shape index (κ1) is 12.8. The van der Waals surface area contributed by atoms with Crippen LogP contribution in [-0.4, -0.2) is 21.1 Å². The molecule has 20 heavy (non-hydrogen) atoms. The lowest BCUT2D eigenvalue weighted by Crippen LogP contribution is -2.25. The molecule has 2 heterocycles. The van der Waals surface area contributed by atoms with Crippen LogP contribution < -0.4 is 10.3 Å². The van der Waals surface area contributed by atoms with Crippen LogP contribution in [0.25, 0.3) is 0 Å². The third-order valence-corrected chi connectivity index (χ3v) is 3.47. The Morgan fingerprint density at radius 1 is 1.35 bits per heavy atom. The molecule has 0 radical (unpaired) electrons. The Labute approximate surface area is 117 Å². The average molecular weight is 271 g/mol. The second-order valence-electron chi connectivity index (χ2n) is 4.86. The topological polar surface area (TPSA) is 57.0 Å². The van der Waals surface area contributed by atoms with E-state index in [4.69, 9.17) is 4.74 Å². The molecule has 0 fully saturated rings. The highest BCUT2D eigenvalue weighted by molar-refractivity contribution is 5.22. The molecule has 0 spiro atoms. The minimum absolute atomic E-state index is 0.0658. The predicted molar refractivity (Wildman–Crippen MR) is 75.0 cm³/mol. The van der Waals surface area contributed by atoms with Crippen LogP contribution in [0.5, 0.6) is 5.88 Å². The highest BCUT2D eigenvalue weighted by Crippen LogP contribution is 2.15. The third-order valence-electron chi connectivity index (χ3n) is 3.47. The van der Waals surface area contributed by atoms with Crippen molar-refractivity contribution in [1.29, 1.82) is 0 Å². The largest absolute Gasteiger partial charge is 0.478 e. The van der Waals surface area contributed by atoms with Crippen molar-refractivity contribution in [1.82, 2.24) is 14.5 Å². The summed E-state index contributed by atoms with van der Waals surface area (Å²) < 4.78 is 7.00. The molecule has 0 aliphatic heterocycles. The summed E-state index contributed by atoms with van der Waals surface area (Å²) in [5.74, 6) is 0.590. The van der Waals surface area contributed by atoms with E-state index in [2.05, 4.69) is 9.97 Å². The van der Waals surface area contributed by atoms with Crippen molar-refractivity contribution in [3.63, 3.8) is 0 Å². The predicted octanol–water partition coefficient (Wildman–Crippen LogP) is 1.57. The summed E-state index contributed by atoms with van der Waals surface area (Å²) in [6, 6.07) is 5.60. The van der Waals surface area contributed by atoms with Gasteiger partial charge < -0.3 is 4.74 Å². The molecule has 2 aromatic heterocycles. The van der Waals surface area contributed by atoms with Gasteiger partial charge in [-0.3, -0.25) is 9.36 Å². The zero-order chi connectivity index (χ0) is 13.9. The molecule has 3 rings (SSSR count). The molecule has 1 aliphatic carbocycles. The number of hydrogen-bond donors (Lipinski definition) is 0. The highest BCUT2D eigenvalue weighted by atomic mass is 16.5. The molecule has 0 bridgehead atoms. The second kappa shape index (κ2) is 5.45. The lowest BCUT2D eigenvalue weighted by molar-refractivity contribution is 0.325. The Hall–Kier alpha value is -2.17. The number of pyridine rings is 1. The van der Waals surface area contributed by atoms with Crippen molar-refractivity contribution in [3.8, 4) is 5.88 Å². The fourth-order valence-electron chi connectivity index (χ4n) is 2.53. The number of ether oxygens (including phenoxy) is 1. The van der Waals surface area contributed by atoms with Gasteiger partial charge in [0.2, 0.25) is 5.88 Å². The summed E-state index contributed by atoms with van der Waals surface area (Å²) in [6.07, 6.45) is 4.42. The van der Waals surface area contributed by atoms with E-state index < -0.39 is 0 Å². The minimum Gasteiger partial charge on any atom is -0.478 e. The first-order chi connectivity index (χ1) is 9.78. The zero-order valence-corrected chi connectivity index (χ0v) is 11.5. The summed E-state index contributed by atoms with van der Waals surface area (Å²) in [5, 5.41) is 0. The van der Waals surface area contributed by atoms with E-state index in [1.165, 1.54) is 0 Å². The van der Waals surface area contributed by atoms with Crippen molar-refractivity contribution < 1.29 is 4.74 Å². The van der Waals surface area contributed by atoms with E-state index >= 15 is 0 Å². The Bertz CT molecular complexity index is 679. The zero-order valence-electron chi connectivity index (χ0n) is 11.5. The number of rotatable bonds is 4. The van der Waals surface area contributed by atoms with Crippen LogP contribution in [0.4, 0.5) is 0 Å². The fourth-order valence-corrected chi connectivity index (χ4v) is 2.53. The molecule has 5 heteroatoms. The number of aromatic nitrogens is 3. The van der Waals surface area contributed by atoms with Crippen molar-refractivity contribution in [2.75, 3.05) is 6.61 Å². The van der Waals surface area contributed by atoms with Gasteiger partial charge in [0, 0.05) is 11.6 Å². The highest BCUT2D eigenvalue weighted by Gasteiger charge is 2.17. The molecular weight excluding hydrogens is 254 g/mol. The third kappa shape index (κ3) is 2.43. The summed E-state index contributed by atoms with van der Waals surface area (Å²) >= 11 is 0. The summed E-state index contributed by atoms with van der Waals surface area (Å²) in [5.41, 5.74) is 2.70. The number of nitrogens with zero attached hydrogens (tertiary/aromatic N) is 3.